The molecule has 0 saturated carbocycles. The third-order valence-corrected chi connectivity index (χ3v) is 8.48. The molecule has 0 amide bonds. The molecule has 7 heteroatoms. The van der Waals surface area contributed by atoms with Gasteiger partial charge in [0, 0.05) is 19.6 Å². The number of nitrogens with zero attached hydrogens (tertiary/aromatic N) is 3. The van der Waals surface area contributed by atoms with Gasteiger partial charge in [0.05, 0.1) is 19.8 Å². The van der Waals surface area contributed by atoms with Crippen molar-refractivity contribution in [3.63, 3.8) is 0 Å². The Morgan fingerprint density at radius 2 is 0.568 bits per heavy atom. The predicted octanol–water partition coefficient (Wildman–Crippen LogP) is 6.46. The van der Waals surface area contributed by atoms with Crippen LogP contribution in [-0.2, 0) is 13.3 Å². The summed E-state index contributed by atoms with van der Waals surface area (Å²) in [5.41, 5.74) is 0. The van der Waals surface area contributed by atoms with Gasteiger partial charge in [0.25, 0.3) is 0 Å². The lowest BCUT2D eigenvalue weighted by Gasteiger charge is -2.26. The molecule has 0 aromatic heterocycles. The molecule has 0 aliphatic rings. The van der Waals surface area contributed by atoms with E-state index in [9.17, 15) is 0 Å². The molecule has 37 heavy (non-hydrogen) atoms. The van der Waals surface area contributed by atoms with Gasteiger partial charge in [-0.1, -0.05) is 80.1 Å². The Labute approximate surface area is 234 Å². The maximum Gasteiger partial charge on any atom is 0.484 e. The summed E-state index contributed by atoms with van der Waals surface area (Å²) in [6.45, 7) is 25.7. The standard InChI is InChI=1S/C30H67N3O3Si/c1-7-13-19-31(20-14-8-2)25-28-34-37(35-29-26-32(21-15-9-3)22-16-10-4)36-30-27-33(23-17-11-5)24-18-12-6/h37H,7-30H2,1-6H3. The van der Waals surface area contributed by atoms with Crippen molar-refractivity contribution in [1.29, 1.82) is 0 Å². The number of unbranched alkanes of at least 4 members (excludes halogenated alkanes) is 6. The van der Waals surface area contributed by atoms with Gasteiger partial charge in [-0.3, -0.25) is 0 Å². The average Bonchev–Trinajstić information content (AvgIpc) is 2.91. The second kappa shape index (κ2) is 29.0. The van der Waals surface area contributed by atoms with Crippen LogP contribution in [-0.4, -0.2) is 103 Å². The zero-order valence-corrected chi connectivity index (χ0v) is 27.3. The van der Waals surface area contributed by atoms with Gasteiger partial charge >= 0.3 is 9.53 Å². The molecule has 0 atom stereocenters. The van der Waals surface area contributed by atoms with Crippen molar-refractivity contribution in [2.75, 3.05) is 78.7 Å². The van der Waals surface area contributed by atoms with E-state index in [2.05, 4.69) is 56.2 Å². The molecule has 0 aliphatic carbocycles. The van der Waals surface area contributed by atoms with Crippen molar-refractivity contribution in [1.82, 2.24) is 14.7 Å². The summed E-state index contributed by atoms with van der Waals surface area (Å²) in [7, 11) is -2.15. The van der Waals surface area contributed by atoms with Gasteiger partial charge in [-0.25, -0.2) is 0 Å². The van der Waals surface area contributed by atoms with Crippen molar-refractivity contribution < 1.29 is 13.3 Å². The molecule has 0 bridgehead atoms. The van der Waals surface area contributed by atoms with Crippen LogP contribution in [0.15, 0.2) is 0 Å². The summed E-state index contributed by atoms with van der Waals surface area (Å²) in [6.07, 6.45) is 15.0. The summed E-state index contributed by atoms with van der Waals surface area (Å²) in [5, 5.41) is 0. The van der Waals surface area contributed by atoms with Crippen molar-refractivity contribution in [3.8, 4) is 0 Å². The first kappa shape index (κ1) is 37.0. The Morgan fingerprint density at radius 1 is 0.351 bits per heavy atom. The van der Waals surface area contributed by atoms with Crippen molar-refractivity contribution >= 4 is 9.53 Å². The first-order chi connectivity index (χ1) is 18.1. The Morgan fingerprint density at radius 3 is 0.757 bits per heavy atom. The summed E-state index contributed by atoms with van der Waals surface area (Å²) in [4.78, 5) is 7.69. The molecule has 0 heterocycles. The van der Waals surface area contributed by atoms with E-state index >= 15 is 0 Å². The maximum atomic E-state index is 6.34. The molecule has 0 rings (SSSR count). The van der Waals surface area contributed by atoms with Crippen LogP contribution in [0.2, 0.25) is 0 Å². The lowest BCUT2D eigenvalue weighted by atomic mass is 10.2. The molecule has 0 radical (unpaired) electrons. The minimum absolute atomic E-state index is 0.717. The highest BCUT2D eigenvalue weighted by Gasteiger charge is 2.18. The molecule has 0 aliphatic heterocycles. The van der Waals surface area contributed by atoms with Crippen LogP contribution >= 0.6 is 0 Å². The highest BCUT2D eigenvalue weighted by atomic mass is 28.3. The van der Waals surface area contributed by atoms with Crippen molar-refractivity contribution in [2.24, 2.45) is 0 Å². The highest BCUT2D eigenvalue weighted by Crippen LogP contribution is 2.04. The first-order valence-corrected chi connectivity index (χ1v) is 17.6. The fourth-order valence-electron chi connectivity index (χ4n) is 4.27. The quantitative estimate of drug-likeness (QED) is 0.0964. The van der Waals surface area contributed by atoms with Gasteiger partial charge in [0.2, 0.25) is 0 Å². The maximum absolute atomic E-state index is 6.34. The van der Waals surface area contributed by atoms with E-state index < -0.39 is 9.53 Å². The zero-order valence-electron chi connectivity index (χ0n) is 26.1. The van der Waals surface area contributed by atoms with E-state index in [0.717, 1.165) is 39.5 Å². The van der Waals surface area contributed by atoms with E-state index in [4.69, 9.17) is 13.3 Å². The molecule has 0 saturated heterocycles. The number of hydrogen-bond acceptors (Lipinski definition) is 6. The fourth-order valence-corrected chi connectivity index (χ4v) is 5.46. The lowest BCUT2D eigenvalue weighted by molar-refractivity contribution is 0.0661. The molecule has 0 fully saturated rings. The minimum Gasteiger partial charge on any atom is -0.374 e. The van der Waals surface area contributed by atoms with Crippen molar-refractivity contribution in [2.45, 2.75) is 119 Å². The fraction of sp³-hybridized carbons (Fsp3) is 1.00. The first-order valence-electron chi connectivity index (χ1n) is 16.2. The molecular weight excluding hydrogens is 478 g/mol. The Kier molecular flexibility index (Phi) is 29.0. The van der Waals surface area contributed by atoms with E-state index in [1.54, 1.807) is 0 Å². The average molecular weight is 546 g/mol. The molecule has 0 spiro atoms. The summed E-state index contributed by atoms with van der Waals surface area (Å²) >= 11 is 0. The second-order valence-corrected chi connectivity index (χ2v) is 12.1. The molecule has 0 unspecified atom stereocenters. The molecular formula is C30H67N3O3Si. The summed E-state index contributed by atoms with van der Waals surface area (Å²) in [6, 6.07) is 0. The van der Waals surface area contributed by atoms with E-state index in [1.165, 1.54) is 116 Å². The second-order valence-electron chi connectivity index (χ2n) is 10.5. The minimum atomic E-state index is -2.15. The summed E-state index contributed by atoms with van der Waals surface area (Å²) in [5.74, 6) is 0. The SMILES string of the molecule is CCCCN(CCCC)CCO[SiH](OCCN(CCCC)CCCC)OCCN(CCCC)CCCC. The summed E-state index contributed by atoms with van der Waals surface area (Å²) < 4.78 is 19.0. The van der Waals surface area contributed by atoms with Crippen LogP contribution in [0.4, 0.5) is 0 Å². The Bertz CT molecular complexity index is 362. The molecule has 6 nitrogen and oxygen atoms in total. The lowest BCUT2D eigenvalue weighted by Crippen LogP contribution is -2.38. The third-order valence-electron chi connectivity index (χ3n) is 6.95. The van der Waals surface area contributed by atoms with Gasteiger partial charge in [0.15, 0.2) is 0 Å². The van der Waals surface area contributed by atoms with Crippen LogP contribution in [0.1, 0.15) is 119 Å². The van der Waals surface area contributed by atoms with E-state index in [-0.39, 0.29) is 0 Å². The van der Waals surface area contributed by atoms with E-state index in [1.807, 2.05) is 0 Å². The number of hydrogen-bond donors (Lipinski definition) is 0. The van der Waals surface area contributed by atoms with Gasteiger partial charge in [-0.15, -0.1) is 0 Å². The monoisotopic (exact) mass is 545 g/mol. The van der Waals surface area contributed by atoms with Crippen LogP contribution in [0.5, 0.6) is 0 Å². The van der Waals surface area contributed by atoms with Crippen LogP contribution in [0, 0.1) is 0 Å². The van der Waals surface area contributed by atoms with Gasteiger partial charge in [-0.2, -0.15) is 0 Å². The van der Waals surface area contributed by atoms with Crippen LogP contribution in [0.3, 0.4) is 0 Å². The largest absolute Gasteiger partial charge is 0.484 e. The van der Waals surface area contributed by atoms with E-state index in [0.29, 0.717) is 0 Å². The number of rotatable bonds is 30. The topological polar surface area (TPSA) is 37.4 Å². The smallest absolute Gasteiger partial charge is 0.374 e. The zero-order chi connectivity index (χ0) is 27.4. The Balaban J connectivity index is 4.83. The third kappa shape index (κ3) is 23.6. The van der Waals surface area contributed by atoms with Gasteiger partial charge < -0.3 is 28.0 Å². The van der Waals surface area contributed by atoms with Crippen LogP contribution < -0.4 is 0 Å². The van der Waals surface area contributed by atoms with Crippen LogP contribution in [0.25, 0.3) is 0 Å². The normalized spacial score (nSPS) is 12.2. The molecule has 0 aromatic carbocycles. The highest BCUT2D eigenvalue weighted by molar-refractivity contribution is 6.36. The predicted molar refractivity (Wildman–Crippen MR) is 164 cm³/mol. The van der Waals surface area contributed by atoms with Gasteiger partial charge in [0.1, 0.15) is 0 Å². The van der Waals surface area contributed by atoms with Gasteiger partial charge in [-0.05, 0) is 77.8 Å². The van der Waals surface area contributed by atoms with Crippen molar-refractivity contribution in [3.05, 3.63) is 0 Å². The Hall–Kier alpha value is -0.0231. The molecule has 224 valence electrons. The molecule has 0 aromatic rings. The molecule has 0 N–H and O–H groups in total.